The molecule has 0 atom stereocenters. The summed E-state index contributed by atoms with van der Waals surface area (Å²) in [4.78, 5) is 12.2. The van der Waals surface area contributed by atoms with Crippen LogP contribution < -0.4 is 11.1 Å². The second kappa shape index (κ2) is 6.55. The van der Waals surface area contributed by atoms with Crippen molar-refractivity contribution in [3.63, 3.8) is 0 Å². The molecule has 1 aliphatic rings. The predicted molar refractivity (Wildman–Crippen MR) is 88.3 cm³/mol. The van der Waals surface area contributed by atoms with Gasteiger partial charge in [-0.15, -0.1) is 12.4 Å². The lowest BCUT2D eigenvalue weighted by atomic mass is 9.92. The number of carbonyl (C=O) groups excluding carboxylic acids is 1. The third kappa shape index (κ3) is 3.18. The molecule has 1 heterocycles. The zero-order valence-electron chi connectivity index (χ0n) is 12.6. The summed E-state index contributed by atoms with van der Waals surface area (Å²) in [5.41, 5.74) is 8.77. The lowest BCUT2D eigenvalue weighted by molar-refractivity contribution is 0.0949. The van der Waals surface area contributed by atoms with Gasteiger partial charge in [-0.1, -0.05) is 24.3 Å². The molecule has 118 valence electrons. The molecule has 1 aliphatic carbocycles. The molecular formula is C17H21ClN2O2. The highest BCUT2D eigenvalue weighted by molar-refractivity contribution is 5.94. The van der Waals surface area contributed by atoms with Crippen LogP contribution in [0.1, 0.15) is 40.1 Å². The van der Waals surface area contributed by atoms with Crippen molar-refractivity contribution in [3.05, 3.63) is 59.0 Å². The number of nitrogens with two attached hydrogens (primary N) is 1. The van der Waals surface area contributed by atoms with Crippen LogP contribution in [0.4, 0.5) is 0 Å². The van der Waals surface area contributed by atoms with E-state index < -0.39 is 0 Å². The summed E-state index contributed by atoms with van der Waals surface area (Å²) in [6.07, 6.45) is 3.71. The van der Waals surface area contributed by atoms with Gasteiger partial charge in [0, 0.05) is 12.0 Å². The van der Waals surface area contributed by atoms with Gasteiger partial charge in [-0.05, 0) is 37.0 Å². The lowest BCUT2D eigenvalue weighted by Gasteiger charge is -2.18. The first-order chi connectivity index (χ1) is 10.1. The molecule has 0 bridgehead atoms. The van der Waals surface area contributed by atoms with Gasteiger partial charge in [0.15, 0.2) is 0 Å². The molecular weight excluding hydrogens is 300 g/mol. The van der Waals surface area contributed by atoms with Gasteiger partial charge < -0.3 is 15.5 Å². The van der Waals surface area contributed by atoms with Gasteiger partial charge in [-0.2, -0.15) is 0 Å². The highest BCUT2D eigenvalue weighted by Crippen LogP contribution is 2.48. The Kier molecular flexibility index (Phi) is 4.94. The number of aryl methyl sites for hydroxylation is 1. The van der Waals surface area contributed by atoms with Crippen molar-refractivity contribution >= 4 is 18.3 Å². The number of rotatable bonds is 5. The summed E-state index contributed by atoms with van der Waals surface area (Å²) in [6.45, 7) is 3.10. The van der Waals surface area contributed by atoms with E-state index in [4.69, 9.17) is 10.2 Å². The highest BCUT2D eigenvalue weighted by atomic mass is 35.5. The lowest BCUT2D eigenvalue weighted by Crippen LogP contribution is -2.32. The fourth-order valence-electron chi connectivity index (χ4n) is 2.82. The Bertz CT molecular complexity index is 662. The largest absolute Gasteiger partial charge is 0.467 e. The molecule has 1 saturated carbocycles. The van der Waals surface area contributed by atoms with Gasteiger partial charge in [0.25, 0.3) is 5.91 Å². The Labute approximate surface area is 136 Å². The Balaban J connectivity index is 0.00000176. The van der Waals surface area contributed by atoms with Crippen molar-refractivity contribution in [2.24, 2.45) is 5.73 Å². The van der Waals surface area contributed by atoms with Crippen LogP contribution in [0.5, 0.6) is 0 Å². The molecule has 0 unspecified atom stereocenters. The SMILES string of the molecule is Cc1ccccc1C1(CNC(=O)c2coc(CN)c2)CC1.Cl. The maximum absolute atomic E-state index is 12.2. The van der Waals surface area contributed by atoms with Gasteiger partial charge in [-0.25, -0.2) is 0 Å². The van der Waals surface area contributed by atoms with E-state index in [1.165, 1.54) is 17.4 Å². The number of amides is 1. The number of halogens is 1. The van der Waals surface area contributed by atoms with E-state index in [2.05, 4.69) is 30.4 Å². The van der Waals surface area contributed by atoms with Crippen LogP contribution in [0.25, 0.3) is 0 Å². The summed E-state index contributed by atoms with van der Waals surface area (Å²) in [5, 5.41) is 3.03. The Morgan fingerprint density at radius 1 is 1.36 bits per heavy atom. The van der Waals surface area contributed by atoms with Crippen molar-refractivity contribution in [2.75, 3.05) is 6.54 Å². The first-order valence-corrected chi connectivity index (χ1v) is 7.26. The number of carbonyl (C=O) groups is 1. The van der Waals surface area contributed by atoms with Crippen molar-refractivity contribution in [3.8, 4) is 0 Å². The van der Waals surface area contributed by atoms with Gasteiger partial charge in [-0.3, -0.25) is 4.79 Å². The van der Waals surface area contributed by atoms with Crippen LogP contribution in [0.15, 0.2) is 41.0 Å². The van der Waals surface area contributed by atoms with E-state index >= 15 is 0 Å². The van der Waals surface area contributed by atoms with Crippen LogP contribution in [-0.2, 0) is 12.0 Å². The maximum Gasteiger partial charge on any atom is 0.254 e. The summed E-state index contributed by atoms with van der Waals surface area (Å²) in [7, 11) is 0. The minimum Gasteiger partial charge on any atom is -0.467 e. The number of nitrogens with one attached hydrogen (secondary N) is 1. The van der Waals surface area contributed by atoms with Gasteiger partial charge in [0.2, 0.25) is 0 Å². The molecule has 2 aromatic rings. The van der Waals surface area contributed by atoms with Crippen molar-refractivity contribution in [1.82, 2.24) is 5.32 Å². The molecule has 1 amide bonds. The quantitative estimate of drug-likeness (QED) is 0.890. The molecule has 0 radical (unpaired) electrons. The highest BCUT2D eigenvalue weighted by Gasteiger charge is 2.45. The number of hydrogen-bond acceptors (Lipinski definition) is 3. The van der Waals surface area contributed by atoms with E-state index in [0.29, 0.717) is 24.4 Å². The summed E-state index contributed by atoms with van der Waals surface area (Å²) >= 11 is 0. The maximum atomic E-state index is 12.2. The van der Waals surface area contributed by atoms with E-state index in [0.717, 1.165) is 12.8 Å². The van der Waals surface area contributed by atoms with E-state index in [1.807, 2.05) is 6.07 Å². The Morgan fingerprint density at radius 2 is 2.09 bits per heavy atom. The molecule has 22 heavy (non-hydrogen) atoms. The third-order valence-corrected chi connectivity index (χ3v) is 4.27. The standard InChI is InChI=1S/C17H20N2O2.ClH/c1-12-4-2-3-5-15(12)17(6-7-17)11-19-16(20)13-8-14(9-18)21-10-13;/h2-5,8,10H,6-7,9,11,18H2,1H3,(H,19,20);1H. The molecule has 5 heteroatoms. The smallest absolute Gasteiger partial charge is 0.254 e. The first-order valence-electron chi connectivity index (χ1n) is 7.26. The van der Waals surface area contributed by atoms with E-state index in [9.17, 15) is 4.79 Å². The second-order valence-corrected chi connectivity index (χ2v) is 5.78. The number of hydrogen-bond donors (Lipinski definition) is 2. The molecule has 1 aromatic carbocycles. The fourth-order valence-corrected chi connectivity index (χ4v) is 2.82. The average Bonchev–Trinajstić information content (AvgIpc) is 3.12. The van der Waals surface area contributed by atoms with Crippen molar-refractivity contribution in [2.45, 2.75) is 31.7 Å². The van der Waals surface area contributed by atoms with Crippen LogP contribution in [0, 0.1) is 6.92 Å². The molecule has 0 spiro atoms. The molecule has 4 nitrogen and oxygen atoms in total. The second-order valence-electron chi connectivity index (χ2n) is 5.78. The minimum absolute atomic E-state index is 0. The summed E-state index contributed by atoms with van der Waals surface area (Å²) in [6, 6.07) is 10.1. The van der Waals surface area contributed by atoms with Gasteiger partial charge in [0.1, 0.15) is 12.0 Å². The third-order valence-electron chi connectivity index (χ3n) is 4.27. The molecule has 3 rings (SSSR count). The summed E-state index contributed by atoms with van der Waals surface area (Å²) < 4.78 is 5.20. The average molecular weight is 321 g/mol. The first kappa shape index (κ1) is 16.6. The Hall–Kier alpha value is -1.78. The van der Waals surface area contributed by atoms with Crippen molar-refractivity contribution in [1.29, 1.82) is 0 Å². The van der Waals surface area contributed by atoms with Crippen molar-refractivity contribution < 1.29 is 9.21 Å². The van der Waals surface area contributed by atoms with Crippen LogP contribution in [0.3, 0.4) is 0 Å². The van der Waals surface area contributed by atoms with E-state index in [-0.39, 0.29) is 23.7 Å². The van der Waals surface area contributed by atoms with Crippen LogP contribution >= 0.6 is 12.4 Å². The molecule has 1 aromatic heterocycles. The van der Waals surface area contributed by atoms with Crippen LogP contribution in [-0.4, -0.2) is 12.5 Å². The zero-order valence-corrected chi connectivity index (χ0v) is 13.4. The van der Waals surface area contributed by atoms with E-state index in [1.54, 1.807) is 6.07 Å². The number of benzene rings is 1. The molecule has 0 saturated heterocycles. The topological polar surface area (TPSA) is 68.3 Å². The predicted octanol–water partition coefficient (Wildman–Crippen LogP) is 2.93. The monoisotopic (exact) mass is 320 g/mol. The number of furan rings is 1. The van der Waals surface area contributed by atoms with Crippen LogP contribution in [0.2, 0.25) is 0 Å². The minimum atomic E-state index is -0.0988. The fraction of sp³-hybridized carbons (Fsp3) is 0.353. The molecule has 0 aliphatic heterocycles. The Morgan fingerprint density at radius 3 is 2.68 bits per heavy atom. The summed E-state index contributed by atoms with van der Waals surface area (Å²) in [5.74, 6) is 0.526. The molecule has 3 N–H and O–H groups in total. The van der Waals surface area contributed by atoms with Gasteiger partial charge >= 0.3 is 0 Å². The normalized spacial score (nSPS) is 15.0. The van der Waals surface area contributed by atoms with Gasteiger partial charge in [0.05, 0.1) is 12.1 Å². The zero-order chi connectivity index (χ0) is 14.9. The molecule has 1 fully saturated rings.